The van der Waals surface area contributed by atoms with E-state index in [2.05, 4.69) is 10.6 Å². The fourth-order valence-corrected chi connectivity index (χ4v) is 2.65. The van der Waals surface area contributed by atoms with Gasteiger partial charge in [-0.15, -0.1) is 0 Å². The zero-order valence-corrected chi connectivity index (χ0v) is 13.9. The Bertz CT molecular complexity index is 799. The van der Waals surface area contributed by atoms with Crippen LogP contribution < -0.4 is 10.6 Å². The number of rotatable bonds is 5. The average Bonchev–Trinajstić information content (AvgIpc) is 2.93. The second kappa shape index (κ2) is 7.17. The van der Waals surface area contributed by atoms with Gasteiger partial charge in [-0.3, -0.25) is 14.5 Å². The van der Waals surface area contributed by atoms with Gasteiger partial charge in [-0.2, -0.15) is 0 Å². The van der Waals surface area contributed by atoms with Crippen LogP contribution in [0.2, 0.25) is 0 Å². The minimum Gasteiger partial charge on any atom is -0.348 e. The zero-order chi connectivity index (χ0) is 17.8. The molecule has 0 radical (unpaired) electrons. The van der Waals surface area contributed by atoms with Crippen molar-refractivity contribution in [1.82, 2.24) is 15.5 Å². The number of nitrogens with zero attached hydrogens (tertiary/aromatic N) is 1. The Morgan fingerprint density at radius 2 is 1.84 bits per heavy atom. The van der Waals surface area contributed by atoms with Crippen LogP contribution in [-0.2, 0) is 17.9 Å². The van der Waals surface area contributed by atoms with Crippen molar-refractivity contribution in [2.24, 2.45) is 0 Å². The van der Waals surface area contributed by atoms with E-state index in [1.54, 1.807) is 24.3 Å². The van der Waals surface area contributed by atoms with Crippen molar-refractivity contribution in [3.05, 3.63) is 70.8 Å². The Kier molecular flexibility index (Phi) is 4.79. The third kappa shape index (κ3) is 3.85. The fourth-order valence-electron chi connectivity index (χ4n) is 2.65. The standard InChI is InChI=1S/C19H19N3O3/c1-13-6-8-14(9-7-13)10-20-18(24)16-5-3-2-4-15(16)12-22-17(23)11-21-19(22)25/h2-9H,10-12H2,1H3,(H,20,24)(H,21,25). The van der Waals surface area contributed by atoms with Crippen molar-refractivity contribution < 1.29 is 14.4 Å². The zero-order valence-electron chi connectivity index (χ0n) is 13.9. The number of aryl methyl sites for hydroxylation is 1. The number of carbonyl (C=O) groups is 3. The molecule has 0 bridgehead atoms. The highest BCUT2D eigenvalue weighted by Gasteiger charge is 2.29. The smallest absolute Gasteiger partial charge is 0.324 e. The van der Waals surface area contributed by atoms with Crippen molar-refractivity contribution in [3.8, 4) is 0 Å². The third-order valence-corrected chi connectivity index (χ3v) is 4.10. The summed E-state index contributed by atoms with van der Waals surface area (Å²) in [6.45, 7) is 2.50. The number of amides is 4. The van der Waals surface area contributed by atoms with Crippen LogP contribution in [0, 0.1) is 6.92 Å². The molecular weight excluding hydrogens is 318 g/mol. The summed E-state index contributed by atoms with van der Waals surface area (Å²) in [6.07, 6.45) is 0. The highest BCUT2D eigenvalue weighted by atomic mass is 16.2. The Hall–Kier alpha value is -3.15. The topological polar surface area (TPSA) is 78.5 Å². The summed E-state index contributed by atoms with van der Waals surface area (Å²) in [5.41, 5.74) is 3.26. The number of hydrogen-bond donors (Lipinski definition) is 2. The van der Waals surface area contributed by atoms with Crippen molar-refractivity contribution in [2.75, 3.05) is 6.54 Å². The number of urea groups is 1. The fraction of sp³-hybridized carbons (Fsp3) is 0.211. The third-order valence-electron chi connectivity index (χ3n) is 4.10. The predicted molar refractivity (Wildman–Crippen MR) is 92.7 cm³/mol. The molecule has 0 atom stereocenters. The average molecular weight is 337 g/mol. The number of imide groups is 1. The lowest BCUT2D eigenvalue weighted by Gasteiger charge is -2.15. The van der Waals surface area contributed by atoms with E-state index in [1.165, 1.54) is 0 Å². The molecule has 2 aromatic carbocycles. The molecule has 0 unspecified atom stereocenters. The van der Waals surface area contributed by atoms with Crippen molar-refractivity contribution in [2.45, 2.75) is 20.0 Å². The molecular formula is C19H19N3O3. The molecule has 6 heteroatoms. The first kappa shape index (κ1) is 16.7. The summed E-state index contributed by atoms with van der Waals surface area (Å²) in [7, 11) is 0. The summed E-state index contributed by atoms with van der Waals surface area (Å²) < 4.78 is 0. The van der Waals surface area contributed by atoms with E-state index < -0.39 is 6.03 Å². The van der Waals surface area contributed by atoms with Gasteiger partial charge in [0.25, 0.3) is 5.91 Å². The van der Waals surface area contributed by atoms with Gasteiger partial charge in [0.15, 0.2) is 0 Å². The Morgan fingerprint density at radius 3 is 2.52 bits per heavy atom. The highest BCUT2D eigenvalue weighted by molar-refractivity contribution is 6.02. The van der Waals surface area contributed by atoms with E-state index in [4.69, 9.17) is 0 Å². The SMILES string of the molecule is Cc1ccc(CNC(=O)c2ccccc2CN2C(=O)CNC2=O)cc1. The van der Waals surface area contributed by atoms with Crippen molar-refractivity contribution in [1.29, 1.82) is 0 Å². The van der Waals surface area contributed by atoms with Crippen molar-refractivity contribution >= 4 is 17.8 Å². The summed E-state index contributed by atoms with van der Waals surface area (Å²) in [6, 6.07) is 14.5. The quantitative estimate of drug-likeness (QED) is 0.819. The molecule has 1 aliphatic heterocycles. The Balaban J connectivity index is 1.71. The molecule has 4 amide bonds. The predicted octanol–water partition coefficient (Wildman–Crippen LogP) is 1.98. The van der Waals surface area contributed by atoms with Gasteiger partial charge in [0.2, 0.25) is 5.91 Å². The maximum atomic E-state index is 12.5. The summed E-state index contributed by atoms with van der Waals surface area (Å²) >= 11 is 0. The van der Waals surface area contributed by atoms with Gasteiger partial charge in [-0.25, -0.2) is 4.79 Å². The molecule has 1 heterocycles. The van der Waals surface area contributed by atoms with Crippen LogP contribution in [-0.4, -0.2) is 29.3 Å². The van der Waals surface area contributed by atoms with Crippen LogP contribution in [0.25, 0.3) is 0 Å². The van der Waals surface area contributed by atoms with Crippen molar-refractivity contribution in [3.63, 3.8) is 0 Å². The minimum absolute atomic E-state index is 0.000616. The minimum atomic E-state index is -0.431. The Morgan fingerprint density at radius 1 is 1.12 bits per heavy atom. The molecule has 0 aromatic heterocycles. The first-order valence-corrected chi connectivity index (χ1v) is 8.04. The van der Waals surface area contributed by atoms with Gasteiger partial charge in [0.1, 0.15) is 0 Å². The van der Waals surface area contributed by atoms with Gasteiger partial charge in [-0.05, 0) is 24.1 Å². The molecule has 3 rings (SSSR count). The molecule has 2 N–H and O–H groups in total. The maximum Gasteiger partial charge on any atom is 0.324 e. The van der Waals surface area contributed by atoms with Gasteiger partial charge in [0.05, 0.1) is 13.1 Å². The molecule has 25 heavy (non-hydrogen) atoms. The van der Waals surface area contributed by atoms with E-state index >= 15 is 0 Å². The number of nitrogens with one attached hydrogen (secondary N) is 2. The van der Waals surface area contributed by atoms with Crippen LogP contribution in [0.15, 0.2) is 48.5 Å². The summed E-state index contributed by atoms with van der Waals surface area (Å²) in [5.74, 6) is -0.525. The first-order chi connectivity index (χ1) is 12.0. The molecule has 128 valence electrons. The monoisotopic (exact) mass is 337 g/mol. The molecule has 6 nitrogen and oxygen atoms in total. The Labute approximate surface area is 145 Å². The molecule has 0 spiro atoms. The lowest BCUT2D eigenvalue weighted by Crippen LogP contribution is -2.32. The molecule has 1 saturated heterocycles. The molecule has 0 saturated carbocycles. The second-order valence-corrected chi connectivity index (χ2v) is 5.96. The second-order valence-electron chi connectivity index (χ2n) is 5.96. The first-order valence-electron chi connectivity index (χ1n) is 8.04. The summed E-state index contributed by atoms with van der Waals surface area (Å²) in [4.78, 5) is 37.1. The van der Waals surface area contributed by atoms with Crippen LogP contribution >= 0.6 is 0 Å². The van der Waals surface area contributed by atoms with Crippen LogP contribution in [0.5, 0.6) is 0 Å². The number of benzene rings is 2. The number of carbonyl (C=O) groups excluding carboxylic acids is 3. The lowest BCUT2D eigenvalue weighted by atomic mass is 10.1. The van der Waals surface area contributed by atoms with Crippen LogP contribution in [0.1, 0.15) is 27.0 Å². The van der Waals surface area contributed by atoms with Gasteiger partial charge in [-0.1, -0.05) is 48.0 Å². The van der Waals surface area contributed by atoms with Gasteiger partial charge < -0.3 is 10.6 Å². The maximum absolute atomic E-state index is 12.5. The van der Waals surface area contributed by atoms with E-state index in [0.717, 1.165) is 16.0 Å². The van der Waals surface area contributed by atoms with Gasteiger partial charge >= 0.3 is 6.03 Å². The largest absolute Gasteiger partial charge is 0.348 e. The lowest BCUT2D eigenvalue weighted by molar-refractivity contribution is -0.125. The highest BCUT2D eigenvalue weighted by Crippen LogP contribution is 2.14. The summed E-state index contributed by atoms with van der Waals surface area (Å²) in [5, 5.41) is 5.36. The normalized spacial score (nSPS) is 13.7. The van der Waals surface area contributed by atoms with E-state index in [1.807, 2.05) is 31.2 Å². The molecule has 2 aromatic rings. The van der Waals surface area contributed by atoms with E-state index in [9.17, 15) is 14.4 Å². The molecule has 1 aliphatic rings. The van der Waals surface area contributed by atoms with Crippen LogP contribution in [0.3, 0.4) is 0 Å². The molecule has 0 aliphatic carbocycles. The van der Waals surface area contributed by atoms with Crippen LogP contribution in [0.4, 0.5) is 4.79 Å². The van der Waals surface area contributed by atoms with Gasteiger partial charge in [0, 0.05) is 12.1 Å². The van der Waals surface area contributed by atoms with E-state index in [-0.39, 0.29) is 24.9 Å². The van der Waals surface area contributed by atoms with E-state index in [0.29, 0.717) is 17.7 Å². The molecule has 1 fully saturated rings. The number of hydrogen-bond acceptors (Lipinski definition) is 3.